The highest BCUT2D eigenvalue weighted by molar-refractivity contribution is 5.03. The summed E-state index contributed by atoms with van der Waals surface area (Å²) in [6.45, 7) is 2.51. The average Bonchev–Trinajstić information content (AvgIpc) is 2.97. The third-order valence-corrected chi connectivity index (χ3v) is 4.77. The van der Waals surface area contributed by atoms with E-state index in [0.29, 0.717) is 0 Å². The van der Waals surface area contributed by atoms with Crippen LogP contribution >= 0.6 is 0 Å². The first-order valence-electron chi connectivity index (χ1n) is 6.80. The first kappa shape index (κ1) is 10.1. The Labute approximate surface area is 93.2 Å². The third kappa shape index (κ3) is 2.07. The zero-order valence-corrected chi connectivity index (χ0v) is 9.75. The van der Waals surface area contributed by atoms with Gasteiger partial charge in [0.2, 0.25) is 0 Å². The average molecular weight is 208 g/mol. The second kappa shape index (κ2) is 3.74. The van der Waals surface area contributed by atoms with Crippen LogP contribution in [0.3, 0.4) is 0 Å². The van der Waals surface area contributed by atoms with Gasteiger partial charge in [-0.2, -0.15) is 0 Å². The van der Waals surface area contributed by atoms with E-state index in [2.05, 4.69) is 4.90 Å². The summed E-state index contributed by atoms with van der Waals surface area (Å²) < 4.78 is 0. The van der Waals surface area contributed by atoms with Gasteiger partial charge in [0.15, 0.2) is 0 Å². The molecule has 2 saturated carbocycles. The molecule has 2 aliphatic carbocycles. The summed E-state index contributed by atoms with van der Waals surface area (Å²) in [4.78, 5) is 2.74. The van der Waals surface area contributed by atoms with Crippen molar-refractivity contribution < 1.29 is 0 Å². The fourth-order valence-electron chi connectivity index (χ4n) is 3.65. The molecular formula is C13H24N2. The van der Waals surface area contributed by atoms with Gasteiger partial charge < -0.3 is 5.73 Å². The van der Waals surface area contributed by atoms with Gasteiger partial charge in [0.05, 0.1) is 0 Å². The van der Waals surface area contributed by atoms with E-state index in [1.807, 2.05) is 0 Å². The predicted molar refractivity (Wildman–Crippen MR) is 62.7 cm³/mol. The quantitative estimate of drug-likeness (QED) is 0.753. The van der Waals surface area contributed by atoms with Crippen LogP contribution in [0, 0.1) is 5.92 Å². The molecule has 2 nitrogen and oxygen atoms in total. The van der Waals surface area contributed by atoms with Crippen LogP contribution < -0.4 is 5.73 Å². The normalized spacial score (nSPS) is 39.8. The van der Waals surface area contributed by atoms with Crippen molar-refractivity contribution in [2.75, 3.05) is 13.1 Å². The summed E-state index contributed by atoms with van der Waals surface area (Å²) in [7, 11) is 0. The molecule has 0 amide bonds. The molecule has 2 atom stereocenters. The largest absolute Gasteiger partial charge is 0.324 e. The number of hydrogen-bond acceptors (Lipinski definition) is 2. The Morgan fingerprint density at radius 3 is 2.60 bits per heavy atom. The Bertz CT molecular complexity index is 233. The molecule has 1 saturated heterocycles. The SMILES string of the molecule is NC1(CN2CCCC3CCCCC32)CC1. The van der Waals surface area contributed by atoms with Crippen molar-refractivity contribution in [2.24, 2.45) is 11.7 Å². The van der Waals surface area contributed by atoms with E-state index >= 15 is 0 Å². The fourth-order valence-corrected chi connectivity index (χ4v) is 3.65. The molecule has 0 aromatic heterocycles. The molecule has 0 radical (unpaired) electrons. The number of hydrogen-bond donors (Lipinski definition) is 1. The van der Waals surface area contributed by atoms with Gasteiger partial charge in [-0.15, -0.1) is 0 Å². The van der Waals surface area contributed by atoms with Crippen LogP contribution in [-0.2, 0) is 0 Å². The monoisotopic (exact) mass is 208 g/mol. The van der Waals surface area contributed by atoms with Gasteiger partial charge in [0.1, 0.15) is 0 Å². The zero-order chi connectivity index (χ0) is 10.3. The minimum atomic E-state index is 0.222. The van der Waals surface area contributed by atoms with E-state index in [0.717, 1.165) is 12.0 Å². The molecule has 2 heteroatoms. The first-order chi connectivity index (χ1) is 7.27. The smallest absolute Gasteiger partial charge is 0.0284 e. The van der Waals surface area contributed by atoms with E-state index < -0.39 is 0 Å². The molecule has 15 heavy (non-hydrogen) atoms. The van der Waals surface area contributed by atoms with Crippen molar-refractivity contribution >= 4 is 0 Å². The number of likely N-dealkylation sites (tertiary alicyclic amines) is 1. The highest BCUT2D eigenvalue weighted by Crippen LogP contribution is 2.39. The highest BCUT2D eigenvalue weighted by atomic mass is 15.2. The maximum absolute atomic E-state index is 6.26. The Morgan fingerprint density at radius 1 is 1.07 bits per heavy atom. The molecule has 3 rings (SSSR count). The van der Waals surface area contributed by atoms with Crippen molar-refractivity contribution in [3.63, 3.8) is 0 Å². The number of nitrogens with two attached hydrogens (primary N) is 1. The van der Waals surface area contributed by atoms with Gasteiger partial charge >= 0.3 is 0 Å². The van der Waals surface area contributed by atoms with Gasteiger partial charge in [0, 0.05) is 18.1 Å². The van der Waals surface area contributed by atoms with E-state index in [9.17, 15) is 0 Å². The molecule has 3 aliphatic rings. The second-order valence-corrected chi connectivity index (χ2v) is 6.09. The van der Waals surface area contributed by atoms with Crippen molar-refractivity contribution in [1.29, 1.82) is 0 Å². The van der Waals surface area contributed by atoms with E-state index in [1.165, 1.54) is 64.5 Å². The van der Waals surface area contributed by atoms with E-state index in [-0.39, 0.29) is 5.54 Å². The number of piperidine rings is 1. The summed E-state index contributed by atoms with van der Waals surface area (Å²) in [5.41, 5.74) is 6.48. The molecule has 3 fully saturated rings. The minimum absolute atomic E-state index is 0.222. The summed E-state index contributed by atoms with van der Waals surface area (Å²) in [6, 6.07) is 0.897. The van der Waals surface area contributed by atoms with Gasteiger partial charge in [-0.25, -0.2) is 0 Å². The Kier molecular flexibility index (Phi) is 2.52. The van der Waals surface area contributed by atoms with E-state index in [4.69, 9.17) is 5.73 Å². The van der Waals surface area contributed by atoms with Crippen molar-refractivity contribution in [3.05, 3.63) is 0 Å². The van der Waals surface area contributed by atoms with Gasteiger partial charge in [-0.05, 0) is 51.0 Å². The number of nitrogens with zero attached hydrogens (tertiary/aromatic N) is 1. The topological polar surface area (TPSA) is 29.3 Å². The lowest BCUT2D eigenvalue weighted by molar-refractivity contribution is 0.0540. The minimum Gasteiger partial charge on any atom is -0.324 e. The Hall–Kier alpha value is -0.0800. The molecule has 2 unspecified atom stereocenters. The lowest BCUT2D eigenvalue weighted by atomic mass is 9.78. The molecular weight excluding hydrogens is 184 g/mol. The lowest BCUT2D eigenvalue weighted by Crippen LogP contribution is -2.51. The third-order valence-electron chi connectivity index (χ3n) is 4.77. The van der Waals surface area contributed by atoms with Crippen molar-refractivity contribution in [2.45, 2.75) is 62.9 Å². The molecule has 86 valence electrons. The zero-order valence-electron chi connectivity index (χ0n) is 9.75. The van der Waals surface area contributed by atoms with Crippen LogP contribution in [0.5, 0.6) is 0 Å². The summed E-state index contributed by atoms with van der Waals surface area (Å²) >= 11 is 0. The molecule has 1 aliphatic heterocycles. The van der Waals surface area contributed by atoms with Crippen molar-refractivity contribution in [1.82, 2.24) is 4.90 Å². The van der Waals surface area contributed by atoms with Crippen LogP contribution in [0.1, 0.15) is 51.4 Å². The van der Waals surface area contributed by atoms with Crippen LogP contribution in [0.15, 0.2) is 0 Å². The van der Waals surface area contributed by atoms with Crippen LogP contribution in [0.4, 0.5) is 0 Å². The maximum atomic E-state index is 6.26. The maximum Gasteiger partial charge on any atom is 0.0284 e. The highest BCUT2D eigenvalue weighted by Gasteiger charge is 2.43. The Morgan fingerprint density at radius 2 is 1.80 bits per heavy atom. The van der Waals surface area contributed by atoms with Gasteiger partial charge in [-0.1, -0.05) is 12.8 Å². The summed E-state index contributed by atoms with van der Waals surface area (Å²) in [5, 5.41) is 0. The molecule has 0 bridgehead atoms. The second-order valence-electron chi connectivity index (χ2n) is 6.09. The molecule has 1 heterocycles. The molecule has 2 N–H and O–H groups in total. The standard InChI is InChI=1S/C13H24N2/c14-13(7-8-13)10-15-9-3-5-11-4-1-2-6-12(11)15/h11-12H,1-10,14H2. The molecule has 0 spiro atoms. The number of fused-ring (bicyclic) bond motifs is 1. The van der Waals surface area contributed by atoms with Gasteiger partial charge in [-0.3, -0.25) is 4.90 Å². The Balaban J connectivity index is 1.65. The molecule has 0 aromatic rings. The van der Waals surface area contributed by atoms with Crippen LogP contribution in [0.25, 0.3) is 0 Å². The number of rotatable bonds is 2. The predicted octanol–water partition coefficient (Wildman–Crippen LogP) is 2.13. The fraction of sp³-hybridized carbons (Fsp3) is 1.00. The molecule has 0 aromatic carbocycles. The van der Waals surface area contributed by atoms with Crippen LogP contribution in [0.2, 0.25) is 0 Å². The lowest BCUT2D eigenvalue weighted by Gasteiger charge is -2.45. The van der Waals surface area contributed by atoms with E-state index in [1.54, 1.807) is 0 Å². The van der Waals surface area contributed by atoms with Gasteiger partial charge in [0.25, 0.3) is 0 Å². The van der Waals surface area contributed by atoms with Crippen molar-refractivity contribution in [3.8, 4) is 0 Å². The summed E-state index contributed by atoms with van der Waals surface area (Å²) in [5.74, 6) is 1.01. The summed E-state index contributed by atoms with van der Waals surface area (Å²) in [6.07, 6.45) is 11.3. The first-order valence-corrected chi connectivity index (χ1v) is 6.80. The van der Waals surface area contributed by atoms with Crippen LogP contribution in [-0.4, -0.2) is 29.6 Å².